The van der Waals surface area contributed by atoms with Gasteiger partial charge >= 0.3 is 0 Å². The second-order valence-corrected chi connectivity index (χ2v) is 4.46. The van der Waals surface area contributed by atoms with Crippen LogP contribution in [-0.2, 0) is 5.54 Å². The van der Waals surface area contributed by atoms with Gasteiger partial charge in [-0.2, -0.15) is 9.61 Å². The molecule has 0 aromatic carbocycles. The number of hydrogen-bond acceptors (Lipinski definition) is 5. The Labute approximate surface area is 78.6 Å². The molecule has 0 radical (unpaired) electrons. The fourth-order valence-corrected chi connectivity index (χ4v) is 2.31. The van der Waals surface area contributed by atoms with Crippen molar-refractivity contribution >= 4 is 16.3 Å². The predicted octanol–water partition coefficient (Wildman–Crippen LogP) is 0.442. The van der Waals surface area contributed by atoms with E-state index >= 15 is 0 Å². The summed E-state index contributed by atoms with van der Waals surface area (Å²) in [5.41, 5.74) is 5.87. The number of nitrogens with zero attached hydrogens (tertiary/aromatic N) is 4. The Hall–Kier alpha value is -1.01. The third-order valence-corrected chi connectivity index (χ3v) is 3.48. The largest absolute Gasteiger partial charge is 0.319 e. The van der Waals surface area contributed by atoms with E-state index in [0.29, 0.717) is 0 Å². The smallest absolute Gasteiger partial charge is 0.234 e. The van der Waals surface area contributed by atoms with Crippen LogP contribution in [0.2, 0.25) is 0 Å². The quantitative estimate of drug-likeness (QED) is 0.717. The molecule has 0 aliphatic heterocycles. The van der Waals surface area contributed by atoms with Crippen LogP contribution in [0.15, 0.2) is 0 Å². The third-order valence-electron chi connectivity index (χ3n) is 2.36. The van der Waals surface area contributed by atoms with Crippen LogP contribution < -0.4 is 5.73 Å². The minimum Gasteiger partial charge on any atom is -0.319 e. The van der Waals surface area contributed by atoms with Crippen molar-refractivity contribution in [1.82, 2.24) is 19.8 Å². The molecule has 3 rings (SSSR count). The summed E-state index contributed by atoms with van der Waals surface area (Å²) < 4.78 is 1.76. The summed E-state index contributed by atoms with van der Waals surface area (Å²) in [5, 5.41) is 13.3. The Morgan fingerprint density at radius 1 is 1.46 bits per heavy atom. The minimum absolute atomic E-state index is 0.155. The van der Waals surface area contributed by atoms with E-state index in [4.69, 9.17) is 5.73 Å². The second-order valence-electron chi connectivity index (χ2n) is 3.50. The van der Waals surface area contributed by atoms with Gasteiger partial charge in [-0.25, -0.2) is 0 Å². The Bertz CT molecular complexity index is 466. The van der Waals surface area contributed by atoms with Gasteiger partial charge in [0.1, 0.15) is 5.01 Å². The zero-order valence-electron chi connectivity index (χ0n) is 7.19. The lowest BCUT2D eigenvalue weighted by molar-refractivity contribution is 0.699. The van der Waals surface area contributed by atoms with Crippen LogP contribution >= 0.6 is 11.3 Å². The van der Waals surface area contributed by atoms with Crippen molar-refractivity contribution in [2.24, 2.45) is 5.73 Å². The average Bonchev–Trinajstić information content (AvgIpc) is 2.63. The van der Waals surface area contributed by atoms with Crippen LogP contribution in [0.4, 0.5) is 0 Å². The molecule has 0 spiro atoms. The first-order valence-corrected chi connectivity index (χ1v) is 4.99. The molecule has 0 bridgehead atoms. The first-order chi connectivity index (χ1) is 6.19. The number of rotatable bonds is 1. The molecule has 0 saturated heterocycles. The molecule has 6 heteroatoms. The van der Waals surface area contributed by atoms with Gasteiger partial charge < -0.3 is 5.73 Å². The molecule has 1 fully saturated rings. The molecular weight excluding hydrogens is 186 g/mol. The van der Waals surface area contributed by atoms with Crippen LogP contribution in [0.5, 0.6) is 0 Å². The standard InChI is InChI=1S/C7H9N5S/c1-4-9-10-6-12(4)11-5(13-6)7(8)2-3-7/h2-3,8H2,1H3. The maximum absolute atomic E-state index is 6.03. The number of aromatic nitrogens is 4. The summed E-state index contributed by atoms with van der Waals surface area (Å²) in [6, 6.07) is 0. The van der Waals surface area contributed by atoms with Gasteiger partial charge in [-0.15, -0.1) is 10.2 Å². The molecule has 2 N–H and O–H groups in total. The van der Waals surface area contributed by atoms with E-state index in [-0.39, 0.29) is 5.54 Å². The van der Waals surface area contributed by atoms with Crippen molar-refractivity contribution in [3.63, 3.8) is 0 Å². The Morgan fingerprint density at radius 3 is 2.85 bits per heavy atom. The molecule has 2 aromatic rings. The van der Waals surface area contributed by atoms with Crippen molar-refractivity contribution < 1.29 is 0 Å². The van der Waals surface area contributed by atoms with Gasteiger partial charge in [0.25, 0.3) is 0 Å². The highest BCUT2D eigenvalue weighted by Crippen LogP contribution is 2.44. The predicted molar refractivity (Wildman–Crippen MR) is 48.5 cm³/mol. The fraction of sp³-hybridized carbons (Fsp3) is 0.571. The lowest BCUT2D eigenvalue weighted by Gasteiger charge is -1.99. The molecule has 0 amide bonds. The Morgan fingerprint density at radius 2 is 2.23 bits per heavy atom. The van der Waals surface area contributed by atoms with Crippen LogP contribution in [0, 0.1) is 6.92 Å². The van der Waals surface area contributed by atoms with Crippen LogP contribution in [0.25, 0.3) is 4.96 Å². The molecule has 0 unspecified atom stereocenters. The molecule has 1 aliphatic carbocycles. The van der Waals surface area contributed by atoms with Crippen molar-refractivity contribution in [1.29, 1.82) is 0 Å². The summed E-state index contributed by atoms with van der Waals surface area (Å²) >= 11 is 1.54. The topological polar surface area (TPSA) is 69.1 Å². The van der Waals surface area contributed by atoms with Crippen molar-refractivity contribution in [2.45, 2.75) is 25.3 Å². The number of fused-ring (bicyclic) bond motifs is 1. The van der Waals surface area contributed by atoms with E-state index in [9.17, 15) is 0 Å². The molecular formula is C7H9N5S. The third kappa shape index (κ3) is 0.925. The van der Waals surface area contributed by atoms with E-state index in [1.807, 2.05) is 6.92 Å². The number of nitrogens with two attached hydrogens (primary N) is 1. The number of hydrogen-bond donors (Lipinski definition) is 1. The Kier molecular flexibility index (Phi) is 1.18. The molecule has 0 atom stereocenters. The van der Waals surface area contributed by atoms with E-state index < -0.39 is 0 Å². The van der Waals surface area contributed by atoms with Gasteiger partial charge in [0.2, 0.25) is 4.96 Å². The monoisotopic (exact) mass is 195 g/mol. The summed E-state index contributed by atoms with van der Waals surface area (Å²) in [5.74, 6) is 0.821. The zero-order chi connectivity index (χ0) is 9.05. The van der Waals surface area contributed by atoms with Crippen LogP contribution in [0.1, 0.15) is 23.7 Å². The SMILES string of the molecule is Cc1nnc2sc(C3(N)CC3)nn12. The van der Waals surface area contributed by atoms with Gasteiger partial charge in [0.05, 0.1) is 5.54 Å². The lowest BCUT2D eigenvalue weighted by Crippen LogP contribution is -2.18. The highest BCUT2D eigenvalue weighted by atomic mass is 32.1. The lowest BCUT2D eigenvalue weighted by atomic mass is 10.3. The molecule has 5 nitrogen and oxygen atoms in total. The molecule has 68 valence electrons. The van der Waals surface area contributed by atoms with Crippen LogP contribution in [0.3, 0.4) is 0 Å². The van der Waals surface area contributed by atoms with Crippen molar-refractivity contribution in [3.8, 4) is 0 Å². The molecule has 2 aromatic heterocycles. The van der Waals surface area contributed by atoms with E-state index in [0.717, 1.165) is 28.6 Å². The highest BCUT2D eigenvalue weighted by molar-refractivity contribution is 7.16. The normalized spacial score (nSPS) is 19.5. The van der Waals surface area contributed by atoms with Crippen molar-refractivity contribution in [3.05, 3.63) is 10.8 Å². The van der Waals surface area contributed by atoms with Gasteiger partial charge in [-0.1, -0.05) is 11.3 Å². The van der Waals surface area contributed by atoms with Gasteiger partial charge in [-0.05, 0) is 19.8 Å². The molecule has 1 aliphatic rings. The van der Waals surface area contributed by atoms with Gasteiger partial charge in [0, 0.05) is 0 Å². The first-order valence-electron chi connectivity index (χ1n) is 4.17. The van der Waals surface area contributed by atoms with Crippen LogP contribution in [-0.4, -0.2) is 19.8 Å². The van der Waals surface area contributed by atoms with Crippen molar-refractivity contribution in [2.75, 3.05) is 0 Å². The summed E-state index contributed by atoms with van der Waals surface area (Å²) in [6.07, 6.45) is 2.08. The van der Waals surface area contributed by atoms with E-state index in [2.05, 4.69) is 15.3 Å². The van der Waals surface area contributed by atoms with E-state index in [1.165, 1.54) is 0 Å². The molecule has 13 heavy (non-hydrogen) atoms. The zero-order valence-corrected chi connectivity index (χ0v) is 8.01. The fourth-order valence-electron chi connectivity index (χ4n) is 1.26. The minimum atomic E-state index is -0.155. The first kappa shape index (κ1) is 7.40. The van der Waals surface area contributed by atoms with E-state index in [1.54, 1.807) is 15.9 Å². The molecule has 2 heterocycles. The highest BCUT2D eigenvalue weighted by Gasteiger charge is 2.43. The number of aryl methyl sites for hydroxylation is 1. The Balaban J connectivity index is 2.22. The second kappa shape index (κ2) is 2.08. The maximum Gasteiger partial charge on any atom is 0.234 e. The average molecular weight is 195 g/mol. The van der Waals surface area contributed by atoms with Gasteiger partial charge in [0.15, 0.2) is 5.82 Å². The van der Waals surface area contributed by atoms with Gasteiger partial charge in [-0.3, -0.25) is 0 Å². The molecule has 1 saturated carbocycles. The summed E-state index contributed by atoms with van der Waals surface area (Å²) in [4.78, 5) is 0.837. The summed E-state index contributed by atoms with van der Waals surface area (Å²) in [7, 11) is 0. The summed E-state index contributed by atoms with van der Waals surface area (Å²) in [6.45, 7) is 1.89. The maximum atomic E-state index is 6.03.